The van der Waals surface area contributed by atoms with Crippen LogP contribution in [0.2, 0.25) is 0 Å². The van der Waals surface area contributed by atoms with Crippen LogP contribution in [0.15, 0.2) is 34.8 Å². The van der Waals surface area contributed by atoms with Gasteiger partial charge in [-0.2, -0.15) is 5.10 Å². The van der Waals surface area contributed by atoms with E-state index in [2.05, 4.69) is 46.9 Å². The summed E-state index contributed by atoms with van der Waals surface area (Å²) in [4.78, 5) is 14.1. The van der Waals surface area contributed by atoms with Crippen molar-refractivity contribution in [3.63, 3.8) is 0 Å². The van der Waals surface area contributed by atoms with E-state index in [9.17, 15) is 4.79 Å². The average Bonchev–Trinajstić information content (AvgIpc) is 2.86. The van der Waals surface area contributed by atoms with Crippen LogP contribution < -0.4 is 0 Å². The lowest BCUT2D eigenvalue weighted by Gasteiger charge is -2.26. The van der Waals surface area contributed by atoms with Crippen molar-refractivity contribution >= 4 is 21.8 Å². The van der Waals surface area contributed by atoms with Crippen LogP contribution in [0.25, 0.3) is 11.3 Å². The van der Waals surface area contributed by atoms with Crippen molar-refractivity contribution in [2.24, 2.45) is 5.41 Å². The zero-order chi connectivity index (χ0) is 15.6. The molecule has 0 spiro atoms. The smallest absolute Gasteiger partial charge is 0.271 e. The van der Waals surface area contributed by atoms with Crippen LogP contribution in [-0.2, 0) is 0 Å². The van der Waals surface area contributed by atoms with E-state index in [0.717, 1.165) is 15.7 Å². The first kappa shape index (κ1) is 15.8. The minimum absolute atomic E-state index is 0.0409. The summed E-state index contributed by atoms with van der Waals surface area (Å²) in [5.41, 5.74) is 2.33. The predicted molar refractivity (Wildman–Crippen MR) is 88.1 cm³/mol. The van der Waals surface area contributed by atoms with Crippen molar-refractivity contribution in [1.29, 1.82) is 0 Å². The summed E-state index contributed by atoms with van der Waals surface area (Å²) in [5, 5.41) is 7.06. The van der Waals surface area contributed by atoms with E-state index < -0.39 is 0 Å². The summed E-state index contributed by atoms with van der Waals surface area (Å²) in [6.45, 7) is 7.02. The van der Waals surface area contributed by atoms with Crippen molar-refractivity contribution in [3.8, 4) is 11.3 Å². The molecular formula is C16H20BrN3O. The van der Waals surface area contributed by atoms with Gasteiger partial charge in [-0.3, -0.25) is 9.89 Å². The van der Waals surface area contributed by atoms with Gasteiger partial charge < -0.3 is 4.90 Å². The molecule has 2 rings (SSSR count). The largest absolute Gasteiger partial charge is 0.340 e. The van der Waals surface area contributed by atoms with Crippen molar-refractivity contribution < 1.29 is 4.79 Å². The second-order valence-corrected chi connectivity index (χ2v) is 7.31. The topological polar surface area (TPSA) is 49.0 Å². The highest BCUT2D eigenvalue weighted by Gasteiger charge is 2.20. The number of H-pyrrole nitrogens is 1. The van der Waals surface area contributed by atoms with Crippen molar-refractivity contribution in [2.75, 3.05) is 13.6 Å². The maximum atomic E-state index is 12.4. The molecule has 1 heterocycles. The summed E-state index contributed by atoms with van der Waals surface area (Å²) in [6, 6.07) is 9.64. The molecule has 0 radical (unpaired) electrons. The molecular weight excluding hydrogens is 330 g/mol. The summed E-state index contributed by atoms with van der Waals surface area (Å²) < 4.78 is 1.02. The summed E-state index contributed by atoms with van der Waals surface area (Å²) >= 11 is 3.40. The van der Waals surface area contributed by atoms with Gasteiger partial charge in [0.25, 0.3) is 5.91 Å². The molecule has 0 aliphatic heterocycles. The molecule has 0 saturated carbocycles. The van der Waals surface area contributed by atoms with Crippen molar-refractivity contribution in [1.82, 2.24) is 15.1 Å². The fraction of sp³-hybridized carbons (Fsp3) is 0.375. The van der Waals surface area contributed by atoms with Crippen molar-refractivity contribution in [3.05, 3.63) is 40.5 Å². The van der Waals surface area contributed by atoms with Crippen LogP contribution in [-0.4, -0.2) is 34.6 Å². The number of nitrogens with zero attached hydrogens (tertiary/aromatic N) is 2. The molecule has 0 bridgehead atoms. The molecule has 0 atom stereocenters. The van der Waals surface area contributed by atoms with Crippen LogP contribution in [0, 0.1) is 5.41 Å². The number of carbonyl (C=O) groups is 1. The van der Waals surface area contributed by atoms with Gasteiger partial charge >= 0.3 is 0 Å². The third-order valence-electron chi connectivity index (χ3n) is 3.01. The number of aromatic amines is 1. The lowest BCUT2D eigenvalue weighted by molar-refractivity contribution is 0.0740. The number of rotatable bonds is 3. The molecule has 5 heteroatoms. The van der Waals surface area contributed by atoms with Gasteiger partial charge in [-0.05, 0) is 23.6 Å². The first-order chi connectivity index (χ1) is 9.76. The normalized spacial score (nSPS) is 11.5. The molecule has 1 amide bonds. The Hall–Kier alpha value is -1.62. The number of benzene rings is 1. The second kappa shape index (κ2) is 6.02. The van der Waals surface area contributed by atoms with Gasteiger partial charge in [-0.1, -0.05) is 48.8 Å². The SMILES string of the molecule is CN(CC(C)(C)C)C(=O)c1cc(-c2ccc(Br)cc2)n[nH]1. The number of hydrogen-bond acceptors (Lipinski definition) is 2. The third kappa shape index (κ3) is 4.17. The highest BCUT2D eigenvalue weighted by Crippen LogP contribution is 2.21. The van der Waals surface area contributed by atoms with Crippen LogP contribution in [0.1, 0.15) is 31.3 Å². The van der Waals surface area contributed by atoms with Gasteiger partial charge in [0.05, 0.1) is 5.69 Å². The molecule has 1 N–H and O–H groups in total. The average molecular weight is 350 g/mol. The van der Waals surface area contributed by atoms with E-state index in [1.165, 1.54) is 0 Å². The minimum atomic E-state index is -0.0409. The molecule has 0 aliphatic rings. The lowest BCUT2D eigenvalue weighted by Crippen LogP contribution is -2.34. The molecule has 1 aromatic heterocycles. The maximum absolute atomic E-state index is 12.4. The zero-order valence-electron chi connectivity index (χ0n) is 12.8. The second-order valence-electron chi connectivity index (χ2n) is 6.40. The maximum Gasteiger partial charge on any atom is 0.271 e. The highest BCUT2D eigenvalue weighted by atomic mass is 79.9. The Morgan fingerprint density at radius 3 is 2.48 bits per heavy atom. The monoisotopic (exact) mass is 349 g/mol. The van der Waals surface area contributed by atoms with E-state index >= 15 is 0 Å². The fourth-order valence-electron chi connectivity index (χ4n) is 2.19. The minimum Gasteiger partial charge on any atom is -0.340 e. The van der Waals surface area contributed by atoms with E-state index in [0.29, 0.717) is 12.2 Å². The summed E-state index contributed by atoms with van der Waals surface area (Å²) in [5.74, 6) is -0.0409. The number of aromatic nitrogens is 2. The number of carbonyl (C=O) groups excluding carboxylic acids is 1. The van der Waals surface area contributed by atoms with Gasteiger partial charge in [0.2, 0.25) is 0 Å². The number of hydrogen-bond donors (Lipinski definition) is 1. The summed E-state index contributed by atoms with van der Waals surface area (Å²) in [7, 11) is 1.81. The molecule has 0 fully saturated rings. The first-order valence-electron chi connectivity index (χ1n) is 6.83. The predicted octanol–water partition coefficient (Wildman–Crippen LogP) is 3.96. The van der Waals surface area contributed by atoms with Gasteiger partial charge in [0.1, 0.15) is 5.69 Å². The van der Waals surface area contributed by atoms with Gasteiger partial charge in [0.15, 0.2) is 0 Å². The van der Waals surface area contributed by atoms with E-state index in [1.54, 1.807) is 11.0 Å². The van der Waals surface area contributed by atoms with Gasteiger partial charge in [-0.25, -0.2) is 0 Å². The van der Waals surface area contributed by atoms with E-state index in [4.69, 9.17) is 0 Å². The molecule has 21 heavy (non-hydrogen) atoms. The Morgan fingerprint density at radius 2 is 1.90 bits per heavy atom. The van der Waals surface area contributed by atoms with Crippen molar-refractivity contribution in [2.45, 2.75) is 20.8 Å². The van der Waals surface area contributed by atoms with Crippen LogP contribution in [0.4, 0.5) is 0 Å². The van der Waals surface area contributed by atoms with E-state index in [-0.39, 0.29) is 11.3 Å². The Balaban J connectivity index is 2.16. The molecule has 0 aliphatic carbocycles. The lowest BCUT2D eigenvalue weighted by atomic mass is 9.96. The standard InChI is InChI=1S/C16H20BrN3O/c1-16(2,3)10-20(4)15(21)14-9-13(18-19-14)11-5-7-12(17)8-6-11/h5-9H,10H2,1-4H3,(H,18,19). The number of nitrogens with one attached hydrogen (secondary N) is 1. The van der Waals surface area contributed by atoms with Gasteiger partial charge in [-0.15, -0.1) is 0 Å². The highest BCUT2D eigenvalue weighted by molar-refractivity contribution is 9.10. The molecule has 112 valence electrons. The van der Waals surface area contributed by atoms with Crippen LogP contribution in [0.5, 0.6) is 0 Å². The Kier molecular flexibility index (Phi) is 4.52. The first-order valence-corrected chi connectivity index (χ1v) is 7.62. The molecule has 2 aromatic rings. The van der Waals surface area contributed by atoms with Gasteiger partial charge in [0, 0.05) is 23.6 Å². The summed E-state index contributed by atoms with van der Waals surface area (Å²) in [6.07, 6.45) is 0. The zero-order valence-corrected chi connectivity index (χ0v) is 14.4. The molecule has 1 aromatic carbocycles. The number of halogens is 1. The molecule has 4 nitrogen and oxygen atoms in total. The Labute approximate surface area is 133 Å². The van der Waals surface area contributed by atoms with Crippen LogP contribution in [0.3, 0.4) is 0 Å². The fourth-order valence-corrected chi connectivity index (χ4v) is 2.45. The Bertz CT molecular complexity index is 626. The number of amides is 1. The molecule has 0 unspecified atom stereocenters. The van der Waals surface area contributed by atoms with E-state index in [1.807, 2.05) is 31.3 Å². The van der Waals surface area contributed by atoms with Crippen LogP contribution >= 0.6 is 15.9 Å². The third-order valence-corrected chi connectivity index (χ3v) is 3.54. The molecule has 0 saturated heterocycles. The Morgan fingerprint density at radius 1 is 1.29 bits per heavy atom. The quantitative estimate of drug-likeness (QED) is 0.911.